The molecule has 5 heteroatoms. The lowest BCUT2D eigenvalue weighted by Crippen LogP contribution is -2.10. The number of hydrogen-bond acceptors (Lipinski definition) is 3. The van der Waals surface area contributed by atoms with Gasteiger partial charge in [0, 0.05) is 10.9 Å². The second kappa shape index (κ2) is 6.39. The number of aromatic carboxylic acids is 1. The summed E-state index contributed by atoms with van der Waals surface area (Å²) in [5, 5.41) is 8.97. The minimum absolute atomic E-state index is 0.0239. The molecule has 92 valence electrons. The Hall–Kier alpha value is -1.36. The molecule has 0 saturated heterocycles. The maximum absolute atomic E-state index is 11.4. The number of carbonyl (C=O) groups is 2. The first kappa shape index (κ1) is 13.7. The average Bonchev–Trinajstić information content (AvgIpc) is 2.28. The van der Waals surface area contributed by atoms with Crippen molar-refractivity contribution >= 4 is 27.9 Å². The average molecular weight is 301 g/mol. The van der Waals surface area contributed by atoms with E-state index in [1.807, 2.05) is 6.92 Å². The van der Waals surface area contributed by atoms with Crippen molar-refractivity contribution in [3.63, 3.8) is 0 Å². The van der Waals surface area contributed by atoms with Gasteiger partial charge in [0.05, 0.1) is 0 Å². The van der Waals surface area contributed by atoms with Crippen molar-refractivity contribution in [2.24, 2.45) is 0 Å². The molecule has 0 aliphatic heterocycles. The molecule has 1 N–H and O–H groups in total. The fraction of sp³-hybridized carbons (Fsp3) is 0.333. The summed E-state index contributed by atoms with van der Waals surface area (Å²) in [5.74, 6) is -1.44. The number of unbranched alkanes of at least 4 members (excludes halogenated alkanes) is 1. The summed E-state index contributed by atoms with van der Waals surface area (Å²) >= 11 is 3.17. The fourth-order valence-electron chi connectivity index (χ4n) is 1.25. The van der Waals surface area contributed by atoms with Gasteiger partial charge in [-0.1, -0.05) is 29.3 Å². The van der Waals surface area contributed by atoms with Gasteiger partial charge < -0.3 is 9.84 Å². The van der Waals surface area contributed by atoms with Gasteiger partial charge in [0.15, 0.2) is 0 Å². The van der Waals surface area contributed by atoms with Gasteiger partial charge in [-0.25, -0.2) is 4.79 Å². The Kier molecular flexibility index (Phi) is 5.15. The van der Waals surface area contributed by atoms with Crippen molar-refractivity contribution in [2.75, 3.05) is 0 Å². The van der Waals surface area contributed by atoms with Gasteiger partial charge in [-0.05, 0) is 24.6 Å². The molecule has 1 aromatic carbocycles. The smallest absolute Gasteiger partial charge is 0.339 e. The summed E-state index contributed by atoms with van der Waals surface area (Å²) in [7, 11) is 0. The predicted octanol–water partition coefficient (Wildman–Crippen LogP) is 3.24. The number of benzene rings is 1. The van der Waals surface area contributed by atoms with Gasteiger partial charge in [-0.3, -0.25) is 4.79 Å². The Morgan fingerprint density at radius 3 is 2.71 bits per heavy atom. The third-order valence-electron chi connectivity index (χ3n) is 2.13. The van der Waals surface area contributed by atoms with Crippen LogP contribution in [0.5, 0.6) is 5.75 Å². The number of carbonyl (C=O) groups excluding carboxylic acids is 1. The Bertz CT molecular complexity index is 429. The topological polar surface area (TPSA) is 63.6 Å². The Labute approximate surface area is 108 Å². The van der Waals surface area contributed by atoms with Crippen molar-refractivity contribution < 1.29 is 19.4 Å². The van der Waals surface area contributed by atoms with E-state index in [4.69, 9.17) is 9.84 Å². The van der Waals surface area contributed by atoms with Crippen molar-refractivity contribution in [3.05, 3.63) is 28.2 Å². The number of esters is 1. The van der Waals surface area contributed by atoms with E-state index in [-0.39, 0.29) is 11.3 Å². The summed E-state index contributed by atoms with van der Waals surface area (Å²) in [6, 6.07) is 4.51. The highest BCUT2D eigenvalue weighted by Crippen LogP contribution is 2.23. The zero-order chi connectivity index (χ0) is 12.8. The van der Waals surface area contributed by atoms with Gasteiger partial charge >= 0.3 is 11.9 Å². The molecule has 1 rings (SSSR count). The quantitative estimate of drug-likeness (QED) is 0.670. The number of carboxylic acid groups (broad SMARTS) is 1. The van der Waals surface area contributed by atoms with Gasteiger partial charge in [-0.15, -0.1) is 0 Å². The highest BCUT2D eigenvalue weighted by Gasteiger charge is 2.14. The molecule has 0 bridgehead atoms. The zero-order valence-corrected chi connectivity index (χ0v) is 11.0. The van der Waals surface area contributed by atoms with Gasteiger partial charge in [0.1, 0.15) is 11.3 Å². The molecule has 0 unspecified atom stereocenters. The second-order valence-corrected chi connectivity index (χ2v) is 4.44. The van der Waals surface area contributed by atoms with Crippen molar-refractivity contribution in [1.82, 2.24) is 0 Å². The first-order valence-corrected chi connectivity index (χ1v) is 6.07. The molecule has 0 amide bonds. The Balaban J connectivity index is 2.83. The van der Waals surface area contributed by atoms with Crippen LogP contribution in [0.1, 0.15) is 36.5 Å². The van der Waals surface area contributed by atoms with Crippen LogP contribution in [-0.2, 0) is 4.79 Å². The van der Waals surface area contributed by atoms with Crippen LogP contribution in [-0.4, -0.2) is 17.0 Å². The Morgan fingerprint density at radius 1 is 1.41 bits per heavy atom. The fourth-order valence-corrected chi connectivity index (χ4v) is 1.61. The summed E-state index contributed by atoms with van der Waals surface area (Å²) in [4.78, 5) is 22.4. The van der Waals surface area contributed by atoms with E-state index in [1.165, 1.54) is 12.1 Å². The molecular weight excluding hydrogens is 288 g/mol. The summed E-state index contributed by atoms with van der Waals surface area (Å²) < 4.78 is 5.65. The lowest BCUT2D eigenvalue weighted by Gasteiger charge is -2.07. The van der Waals surface area contributed by atoms with E-state index in [1.54, 1.807) is 6.07 Å². The maximum Gasteiger partial charge on any atom is 0.339 e. The molecule has 0 atom stereocenters. The lowest BCUT2D eigenvalue weighted by atomic mass is 10.2. The van der Waals surface area contributed by atoms with Crippen LogP contribution in [0.3, 0.4) is 0 Å². The molecule has 0 aliphatic rings. The largest absolute Gasteiger partial charge is 0.478 e. The zero-order valence-electron chi connectivity index (χ0n) is 9.40. The molecule has 0 aromatic heterocycles. The molecule has 0 fully saturated rings. The van der Waals surface area contributed by atoms with Crippen molar-refractivity contribution in [1.29, 1.82) is 0 Å². The molecule has 0 saturated carbocycles. The molecule has 0 heterocycles. The van der Waals surface area contributed by atoms with E-state index in [2.05, 4.69) is 15.9 Å². The van der Waals surface area contributed by atoms with E-state index >= 15 is 0 Å². The van der Waals surface area contributed by atoms with Gasteiger partial charge in [0.2, 0.25) is 0 Å². The molecule has 4 nitrogen and oxygen atoms in total. The SMILES string of the molecule is CCCCC(=O)Oc1ccc(Br)cc1C(=O)O. The number of halogens is 1. The molecular formula is C12H13BrO4. The minimum Gasteiger partial charge on any atom is -0.478 e. The van der Waals surface area contributed by atoms with Crippen LogP contribution >= 0.6 is 15.9 Å². The van der Waals surface area contributed by atoms with Crippen LogP contribution in [0, 0.1) is 0 Å². The summed E-state index contributed by atoms with van der Waals surface area (Å²) in [6.45, 7) is 1.97. The molecule has 1 aromatic rings. The lowest BCUT2D eigenvalue weighted by molar-refractivity contribution is -0.134. The van der Waals surface area contributed by atoms with Crippen LogP contribution < -0.4 is 4.74 Å². The normalized spacial score (nSPS) is 10.0. The third kappa shape index (κ3) is 4.19. The third-order valence-corrected chi connectivity index (χ3v) is 2.62. The highest BCUT2D eigenvalue weighted by atomic mass is 79.9. The molecule has 0 radical (unpaired) electrons. The maximum atomic E-state index is 11.4. The second-order valence-electron chi connectivity index (χ2n) is 3.52. The van der Waals surface area contributed by atoms with Gasteiger partial charge in [0.25, 0.3) is 0 Å². The molecule has 17 heavy (non-hydrogen) atoms. The van der Waals surface area contributed by atoms with E-state index in [0.29, 0.717) is 10.9 Å². The number of hydrogen-bond donors (Lipinski definition) is 1. The number of carboxylic acids is 1. The predicted molar refractivity (Wildman–Crippen MR) is 66.3 cm³/mol. The minimum atomic E-state index is -1.12. The van der Waals surface area contributed by atoms with E-state index < -0.39 is 11.9 Å². The van der Waals surface area contributed by atoms with Gasteiger partial charge in [-0.2, -0.15) is 0 Å². The summed E-state index contributed by atoms with van der Waals surface area (Å²) in [5.41, 5.74) is -0.0239. The van der Waals surface area contributed by atoms with Crippen LogP contribution in [0.4, 0.5) is 0 Å². The van der Waals surface area contributed by atoms with Crippen molar-refractivity contribution in [3.8, 4) is 5.75 Å². The monoisotopic (exact) mass is 300 g/mol. The van der Waals surface area contributed by atoms with Crippen LogP contribution in [0.25, 0.3) is 0 Å². The van der Waals surface area contributed by atoms with E-state index in [0.717, 1.165) is 12.8 Å². The van der Waals surface area contributed by atoms with Crippen molar-refractivity contribution in [2.45, 2.75) is 26.2 Å². The Morgan fingerprint density at radius 2 is 2.12 bits per heavy atom. The molecule has 0 aliphatic carbocycles. The first-order chi connectivity index (χ1) is 8.04. The standard InChI is InChI=1S/C12H13BrO4/c1-2-3-4-11(14)17-10-6-5-8(13)7-9(10)12(15)16/h5-7H,2-4H2,1H3,(H,15,16). The summed E-state index contributed by atoms with van der Waals surface area (Å²) in [6.07, 6.45) is 1.92. The van der Waals surface area contributed by atoms with E-state index in [9.17, 15) is 9.59 Å². The van der Waals surface area contributed by atoms with Crippen LogP contribution in [0.15, 0.2) is 22.7 Å². The molecule has 0 spiro atoms. The number of rotatable bonds is 5. The highest BCUT2D eigenvalue weighted by molar-refractivity contribution is 9.10. The first-order valence-electron chi connectivity index (χ1n) is 5.28. The van der Waals surface area contributed by atoms with Crippen LogP contribution in [0.2, 0.25) is 0 Å². The number of ether oxygens (including phenoxy) is 1.